The van der Waals surface area contributed by atoms with Crippen LogP contribution in [0.2, 0.25) is 0 Å². The quantitative estimate of drug-likeness (QED) is 0.441. The highest BCUT2D eigenvalue weighted by Crippen LogP contribution is 2.39. The summed E-state index contributed by atoms with van der Waals surface area (Å²) in [5.74, 6) is 3.24. The Labute approximate surface area is 213 Å². The van der Waals surface area contributed by atoms with Crippen LogP contribution < -0.4 is 4.90 Å². The first-order chi connectivity index (χ1) is 17.4. The van der Waals surface area contributed by atoms with Crippen molar-refractivity contribution in [3.05, 3.63) is 60.1 Å². The number of rotatable bonds is 7. The predicted molar refractivity (Wildman–Crippen MR) is 139 cm³/mol. The Kier molecular flexibility index (Phi) is 7.23. The molecule has 3 atom stereocenters. The van der Waals surface area contributed by atoms with Gasteiger partial charge in [-0.25, -0.2) is 9.37 Å². The maximum Gasteiger partial charge on any atom is 0.265 e. The third-order valence-electron chi connectivity index (χ3n) is 8.04. The van der Waals surface area contributed by atoms with Crippen LogP contribution in [-0.2, 0) is 13.5 Å². The van der Waals surface area contributed by atoms with Crippen molar-refractivity contribution >= 4 is 5.69 Å². The summed E-state index contributed by atoms with van der Waals surface area (Å²) in [5.41, 5.74) is 3.38. The van der Waals surface area contributed by atoms with Crippen molar-refractivity contribution in [1.29, 1.82) is 0 Å². The fraction of sp³-hybridized carbons (Fsp3) is 0.536. The van der Waals surface area contributed by atoms with Gasteiger partial charge in [-0.15, -0.1) is 10.2 Å². The molecule has 0 saturated carbocycles. The summed E-state index contributed by atoms with van der Waals surface area (Å²) >= 11 is 0. The molecule has 36 heavy (non-hydrogen) atoms. The normalized spacial score (nSPS) is 23.3. The average molecular weight is 493 g/mol. The summed E-state index contributed by atoms with van der Waals surface area (Å²) in [6.07, 6.45) is 7.93. The molecule has 3 unspecified atom stereocenters. The van der Waals surface area contributed by atoms with Crippen LogP contribution in [0, 0.1) is 29.5 Å². The van der Waals surface area contributed by atoms with Gasteiger partial charge in [0.25, 0.3) is 5.89 Å². The van der Waals surface area contributed by atoms with E-state index in [4.69, 9.17) is 4.42 Å². The average Bonchev–Trinajstić information content (AvgIpc) is 3.50. The van der Waals surface area contributed by atoms with Crippen LogP contribution in [0.4, 0.5) is 10.1 Å². The number of nitrogens with zero attached hydrogens (tertiary/aromatic N) is 6. The van der Waals surface area contributed by atoms with Gasteiger partial charge >= 0.3 is 0 Å². The first-order valence-electron chi connectivity index (χ1n) is 13.1. The molecule has 192 valence electrons. The zero-order valence-corrected chi connectivity index (χ0v) is 21.8. The molecule has 1 aromatic carbocycles. The minimum absolute atomic E-state index is 0.178. The van der Waals surface area contributed by atoms with E-state index < -0.39 is 0 Å². The van der Waals surface area contributed by atoms with Crippen LogP contribution in [0.25, 0.3) is 11.6 Å². The maximum absolute atomic E-state index is 13.3. The molecule has 0 spiro atoms. The molecule has 2 aromatic heterocycles. The van der Waals surface area contributed by atoms with Crippen LogP contribution in [0.3, 0.4) is 0 Å². The zero-order valence-electron chi connectivity index (χ0n) is 21.8. The molecular weight excluding hydrogens is 455 g/mol. The summed E-state index contributed by atoms with van der Waals surface area (Å²) in [7, 11) is 1.93. The fourth-order valence-electron chi connectivity index (χ4n) is 5.84. The second kappa shape index (κ2) is 10.5. The monoisotopic (exact) mass is 492 g/mol. The van der Waals surface area contributed by atoms with Crippen molar-refractivity contribution in [3.63, 3.8) is 0 Å². The van der Waals surface area contributed by atoms with E-state index >= 15 is 0 Å². The third-order valence-corrected chi connectivity index (χ3v) is 8.04. The molecule has 2 aliphatic rings. The maximum atomic E-state index is 13.3. The number of halogens is 1. The van der Waals surface area contributed by atoms with Gasteiger partial charge in [-0.2, -0.15) is 0 Å². The highest BCUT2D eigenvalue weighted by Gasteiger charge is 2.34. The second-order valence-corrected chi connectivity index (χ2v) is 10.8. The Morgan fingerprint density at radius 3 is 2.50 bits per heavy atom. The lowest BCUT2D eigenvalue weighted by atomic mass is 9.69. The molecule has 0 N–H and O–H groups in total. The third kappa shape index (κ3) is 5.38. The van der Waals surface area contributed by atoms with Crippen LogP contribution in [0.5, 0.6) is 0 Å². The number of benzene rings is 1. The molecule has 7 nitrogen and oxygen atoms in total. The first kappa shape index (κ1) is 24.7. The molecule has 0 amide bonds. The van der Waals surface area contributed by atoms with E-state index in [9.17, 15) is 4.39 Å². The number of aryl methyl sites for hydroxylation is 1. The van der Waals surface area contributed by atoms with Gasteiger partial charge in [-0.3, -0.25) is 4.90 Å². The molecule has 1 aliphatic heterocycles. The zero-order chi connectivity index (χ0) is 25.2. The van der Waals surface area contributed by atoms with Gasteiger partial charge in [-0.05, 0) is 61.3 Å². The number of piperazine rings is 1. The molecule has 1 aliphatic carbocycles. The molecule has 1 fully saturated rings. The van der Waals surface area contributed by atoms with Crippen molar-refractivity contribution in [2.24, 2.45) is 30.7 Å². The Morgan fingerprint density at radius 1 is 1.08 bits per heavy atom. The van der Waals surface area contributed by atoms with Gasteiger partial charge in [-0.1, -0.05) is 25.5 Å². The Bertz CT molecular complexity index is 1170. The van der Waals surface area contributed by atoms with Crippen LogP contribution in [0.1, 0.15) is 33.1 Å². The Morgan fingerprint density at radius 2 is 1.83 bits per heavy atom. The van der Waals surface area contributed by atoms with E-state index in [1.807, 2.05) is 23.7 Å². The first-order valence-corrected chi connectivity index (χ1v) is 13.1. The lowest BCUT2D eigenvalue weighted by Crippen LogP contribution is -2.49. The summed E-state index contributed by atoms with van der Waals surface area (Å²) in [5, 5.41) is 8.61. The van der Waals surface area contributed by atoms with Gasteiger partial charge in [0.1, 0.15) is 11.5 Å². The molecule has 3 heterocycles. The number of allylic oxidation sites excluding steroid dienone is 1. The van der Waals surface area contributed by atoms with E-state index in [0.717, 1.165) is 56.9 Å². The van der Waals surface area contributed by atoms with Crippen molar-refractivity contribution < 1.29 is 8.81 Å². The van der Waals surface area contributed by atoms with Crippen LogP contribution in [-0.4, -0.2) is 57.4 Å². The van der Waals surface area contributed by atoms with Gasteiger partial charge in [0.15, 0.2) is 0 Å². The number of hydrogen-bond donors (Lipinski definition) is 0. The van der Waals surface area contributed by atoms with E-state index in [0.29, 0.717) is 35.5 Å². The molecule has 8 heteroatoms. The largest absolute Gasteiger partial charge is 0.419 e. The Hall–Kier alpha value is -3.00. The summed E-state index contributed by atoms with van der Waals surface area (Å²) in [4.78, 5) is 9.11. The predicted octanol–water partition coefficient (Wildman–Crippen LogP) is 4.83. The molecule has 0 radical (unpaired) electrons. The number of hydrogen-bond acceptors (Lipinski definition) is 6. The highest BCUT2D eigenvalue weighted by atomic mass is 19.1. The minimum Gasteiger partial charge on any atom is -0.419 e. The van der Waals surface area contributed by atoms with Crippen molar-refractivity contribution in [1.82, 2.24) is 24.6 Å². The lowest BCUT2D eigenvalue weighted by Gasteiger charge is -2.42. The number of anilines is 1. The smallest absolute Gasteiger partial charge is 0.265 e. The van der Waals surface area contributed by atoms with Crippen molar-refractivity contribution in [2.75, 3.05) is 37.6 Å². The SMILES string of the molecule is CC1=CC(CN2CCN(c3ccc(F)cc3)CC2)C(C(C)C)CC1Cc1nnc(-c2cncn2C)o1. The van der Waals surface area contributed by atoms with Crippen LogP contribution in [0.15, 0.2) is 52.9 Å². The fourth-order valence-corrected chi connectivity index (χ4v) is 5.84. The van der Waals surface area contributed by atoms with Gasteiger partial charge < -0.3 is 13.9 Å². The summed E-state index contributed by atoms with van der Waals surface area (Å²) in [6, 6.07) is 6.87. The molecule has 0 bridgehead atoms. The van der Waals surface area contributed by atoms with E-state index in [1.54, 1.807) is 24.7 Å². The number of aromatic nitrogens is 4. The van der Waals surface area contributed by atoms with Gasteiger partial charge in [0.2, 0.25) is 5.89 Å². The molecule has 5 rings (SSSR count). The lowest BCUT2D eigenvalue weighted by molar-refractivity contribution is 0.155. The summed E-state index contributed by atoms with van der Waals surface area (Å²) in [6.45, 7) is 12.1. The van der Waals surface area contributed by atoms with E-state index in [1.165, 1.54) is 5.57 Å². The van der Waals surface area contributed by atoms with Gasteiger partial charge in [0.05, 0.1) is 12.5 Å². The van der Waals surface area contributed by atoms with E-state index in [2.05, 4.69) is 51.8 Å². The minimum atomic E-state index is -0.178. The number of imidazole rings is 1. The molecule has 3 aromatic rings. The van der Waals surface area contributed by atoms with Crippen molar-refractivity contribution in [3.8, 4) is 11.6 Å². The molecular formula is C28H37FN6O. The van der Waals surface area contributed by atoms with Crippen LogP contribution >= 0.6 is 0 Å². The second-order valence-electron chi connectivity index (χ2n) is 10.8. The van der Waals surface area contributed by atoms with Crippen molar-refractivity contribution in [2.45, 2.75) is 33.6 Å². The van der Waals surface area contributed by atoms with Gasteiger partial charge in [0, 0.05) is 51.9 Å². The summed E-state index contributed by atoms with van der Waals surface area (Å²) < 4.78 is 21.2. The standard InChI is InChI=1S/C28H37FN6O/c1-19(2)25-14-21(15-27-31-32-28(36-27)26-16-30-18-33(26)4)20(3)13-22(25)17-34-9-11-35(12-10-34)24-7-5-23(29)6-8-24/h5-8,13,16,18-19,21-22,25H,9-12,14-15,17H2,1-4H3. The topological polar surface area (TPSA) is 63.2 Å². The Balaban J connectivity index is 1.21. The molecule has 1 saturated heterocycles. The van der Waals surface area contributed by atoms with E-state index in [-0.39, 0.29) is 5.82 Å². The highest BCUT2D eigenvalue weighted by molar-refractivity contribution is 5.47.